The molecule has 10 nitrogen and oxygen atoms in total. The molecule has 1 amide bonds. The molecule has 3 aromatic rings. The van der Waals surface area contributed by atoms with Crippen LogP contribution < -0.4 is 15.6 Å². The second-order valence-corrected chi connectivity index (χ2v) is 9.79. The quantitative estimate of drug-likeness (QED) is 0.0847. The van der Waals surface area contributed by atoms with Gasteiger partial charge in [-0.25, -0.2) is 19.2 Å². The summed E-state index contributed by atoms with van der Waals surface area (Å²) in [5.74, 6) is -0.899. The van der Waals surface area contributed by atoms with Gasteiger partial charge in [0.1, 0.15) is 23.5 Å². The number of aliphatic hydroxyl groups excluding tert-OH is 1. The minimum absolute atomic E-state index is 0.0367. The number of ether oxygens (including phenoxy) is 2. The van der Waals surface area contributed by atoms with Gasteiger partial charge in [-0.2, -0.15) is 0 Å². The molecule has 42 heavy (non-hydrogen) atoms. The standard InChI is InChI=1S/C30H32F2N6O4/c1-20-30(18-23-5-2-3-6-24(23)19-35-38-33,29(40)37-34-12-11-21-15-25(31)17-26(32)16-21)36-28(42-20)22-7-9-27(10-8-22)41-14-4-13-39/h2-3,5-10,15-17,20,34,39H,4,11-14,18-19H2,1H3,(H,37,40)/t20-,30-/m0/s1. The maximum Gasteiger partial charge on any atom is 0.266 e. The van der Waals surface area contributed by atoms with Gasteiger partial charge < -0.3 is 14.6 Å². The fraction of sp³-hybridized carbons (Fsp3) is 0.333. The van der Waals surface area contributed by atoms with Crippen molar-refractivity contribution in [3.05, 3.63) is 111 Å². The molecular formula is C30H32F2N6O4. The molecule has 3 aromatic carbocycles. The summed E-state index contributed by atoms with van der Waals surface area (Å²) in [6.07, 6.45) is 0.255. The van der Waals surface area contributed by atoms with Gasteiger partial charge in [-0.15, -0.1) is 0 Å². The predicted octanol–water partition coefficient (Wildman–Crippen LogP) is 4.55. The predicted molar refractivity (Wildman–Crippen MR) is 153 cm³/mol. The summed E-state index contributed by atoms with van der Waals surface area (Å²) in [6, 6.07) is 17.7. The second-order valence-electron chi connectivity index (χ2n) is 9.79. The van der Waals surface area contributed by atoms with Gasteiger partial charge in [0.15, 0.2) is 5.54 Å². The van der Waals surface area contributed by atoms with E-state index in [2.05, 4.69) is 20.9 Å². The van der Waals surface area contributed by atoms with E-state index in [1.807, 2.05) is 24.3 Å². The molecule has 0 aliphatic carbocycles. The molecule has 0 unspecified atom stereocenters. The average Bonchev–Trinajstić information content (AvgIpc) is 3.31. The van der Waals surface area contributed by atoms with E-state index in [4.69, 9.17) is 25.1 Å². The maximum atomic E-state index is 13.8. The van der Waals surface area contributed by atoms with E-state index in [1.165, 1.54) is 12.1 Å². The van der Waals surface area contributed by atoms with Crippen molar-refractivity contribution < 1.29 is 28.2 Å². The number of halogens is 2. The molecule has 220 valence electrons. The Labute approximate surface area is 242 Å². The number of hydrogen-bond donors (Lipinski definition) is 3. The van der Waals surface area contributed by atoms with E-state index < -0.39 is 29.2 Å². The maximum absolute atomic E-state index is 13.8. The number of amides is 1. The Morgan fingerprint density at radius 1 is 1.14 bits per heavy atom. The summed E-state index contributed by atoms with van der Waals surface area (Å²) in [5.41, 5.74) is 15.6. The first-order valence-electron chi connectivity index (χ1n) is 13.5. The number of carbonyl (C=O) groups is 1. The van der Waals surface area contributed by atoms with E-state index in [0.717, 1.165) is 17.2 Å². The molecular weight excluding hydrogens is 546 g/mol. The first-order chi connectivity index (χ1) is 20.3. The van der Waals surface area contributed by atoms with Gasteiger partial charge in [0.05, 0.1) is 13.2 Å². The van der Waals surface area contributed by atoms with Crippen molar-refractivity contribution in [1.82, 2.24) is 10.9 Å². The van der Waals surface area contributed by atoms with E-state index in [-0.39, 0.29) is 38.4 Å². The molecule has 0 saturated heterocycles. The van der Waals surface area contributed by atoms with E-state index in [9.17, 15) is 13.6 Å². The number of benzene rings is 3. The topological polar surface area (TPSA) is 141 Å². The third-order valence-corrected chi connectivity index (χ3v) is 6.87. The lowest BCUT2D eigenvalue weighted by Gasteiger charge is -2.29. The number of nitrogens with zero attached hydrogens (tertiary/aromatic N) is 4. The molecule has 0 fully saturated rings. The van der Waals surface area contributed by atoms with Crippen LogP contribution in [-0.2, 0) is 28.9 Å². The lowest BCUT2D eigenvalue weighted by Crippen LogP contribution is -2.56. The number of aliphatic imine (C=N–C) groups is 1. The van der Waals surface area contributed by atoms with Gasteiger partial charge in [0.2, 0.25) is 5.90 Å². The minimum atomic E-state index is -1.39. The van der Waals surface area contributed by atoms with Crippen LogP contribution >= 0.6 is 0 Å². The van der Waals surface area contributed by atoms with Crippen molar-refractivity contribution in [1.29, 1.82) is 0 Å². The van der Waals surface area contributed by atoms with Crippen LogP contribution in [0.3, 0.4) is 0 Å². The fourth-order valence-corrected chi connectivity index (χ4v) is 4.64. The fourth-order valence-electron chi connectivity index (χ4n) is 4.64. The highest BCUT2D eigenvalue weighted by Crippen LogP contribution is 2.33. The van der Waals surface area contributed by atoms with Crippen molar-refractivity contribution in [2.45, 2.75) is 44.4 Å². The SMILES string of the molecule is C[C@@H]1OC(c2ccc(OCCCO)cc2)=N[C@]1(Cc1ccccc1CN=[N+]=[N-])C(=O)NNCCc1cc(F)cc(F)c1. The molecule has 2 atom stereocenters. The molecule has 4 rings (SSSR count). The number of azide groups is 1. The molecule has 0 spiro atoms. The number of hydrogen-bond acceptors (Lipinski definition) is 7. The van der Waals surface area contributed by atoms with Gasteiger partial charge in [-0.1, -0.05) is 29.4 Å². The highest BCUT2D eigenvalue weighted by atomic mass is 19.1. The number of hydrazine groups is 1. The Kier molecular flexibility index (Phi) is 10.4. The lowest BCUT2D eigenvalue weighted by molar-refractivity contribution is -0.129. The molecule has 0 aromatic heterocycles. The minimum Gasteiger partial charge on any atom is -0.494 e. The van der Waals surface area contributed by atoms with Crippen molar-refractivity contribution in [3.63, 3.8) is 0 Å². The van der Waals surface area contributed by atoms with Crippen LogP contribution in [0, 0.1) is 11.6 Å². The average molecular weight is 579 g/mol. The van der Waals surface area contributed by atoms with Crippen LogP contribution in [-0.4, -0.2) is 48.3 Å². The lowest BCUT2D eigenvalue weighted by atomic mass is 9.84. The van der Waals surface area contributed by atoms with Crippen molar-refractivity contribution in [2.75, 3.05) is 19.8 Å². The van der Waals surface area contributed by atoms with Crippen molar-refractivity contribution >= 4 is 11.8 Å². The van der Waals surface area contributed by atoms with Crippen molar-refractivity contribution in [2.24, 2.45) is 10.1 Å². The van der Waals surface area contributed by atoms with Crippen LogP contribution in [0.25, 0.3) is 10.4 Å². The highest BCUT2D eigenvalue weighted by Gasteiger charge is 2.50. The molecule has 1 aliphatic rings. The molecule has 0 saturated carbocycles. The zero-order chi connectivity index (χ0) is 30.0. The molecule has 1 aliphatic heterocycles. The summed E-state index contributed by atoms with van der Waals surface area (Å²) >= 11 is 0. The molecule has 0 bridgehead atoms. The third-order valence-electron chi connectivity index (χ3n) is 6.87. The first kappa shape index (κ1) is 30.4. The van der Waals surface area contributed by atoms with Crippen LogP contribution in [0.5, 0.6) is 5.75 Å². The normalized spacial score (nSPS) is 17.6. The number of aliphatic hydroxyl groups is 1. The van der Waals surface area contributed by atoms with E-state index in [1.54, 1.807) is 31.2 Å². The van der Waals surface area contributed by atoms with Gasteiger partial charge in [0.25, 0.3) is 5.91 Å². The van der Waals surface area contributed by atoms with E-state index in [0.29, 0.717) is 29.9 Å². The Balaban J connectivity index is 1.57. The summed E-state index contributed by atoms with van der Waals surface area (Å²) in [4.78, 5) is 21.5. The third kappa shape index (κ3) is 7.61. The van der Waals surface area contributed by atoms with Crippen LogP contribution in [0.2, 0.25) is 0 Å². The first-order valence-corrected chi connectivity index (χ1v) is 13.5. The molecule has 0 radical (unpaired) electrons. The highest BCUT2D eigenvalue weighted by molar-refractivity contribution is 6.00. The largest absolute Gasteiger partial charge is 0.494 e. The zero-order valence-corrected chi connectivity index (χ0v) is 23.1. The van der Waals surface area contributed by atoms with E-state index >= 15 is 0 Å². The smallest absolute Gasteiger partial charge is 0.266 e. The number of rotatable bonds is 14. The van der Waals surface area contributed by atoms with Gasteiger partial charge in [-0.05, 0) is 72.0 Å². The van der Waals surface area contributed by atoms with Gasteiger partial charge in [-0.3, -0.25) is 10.2 Å². The van der Waals surface area contributed by atoms with Crippen LogP contribution in [0.15, 0.2) is 76.8 Å². The summed E-state index contributed by atoms with van der Waals surface area (Å²) in [7, 11) is 0. The van der Waals surface area contributed by atoms with Crippen LogP contribution in [0.1, 0.15) is 35.6 Å². The number of carbonyl (C=O) groups excluding carboxylic acids is 1. The molecule has 1 heterocycles. The summed E-state index contributed by atoms with van der Waals surface area (Å²) in [6.45, 7) is 2.49. The Hall–Kier alpha value is -4.51. The molecule has 3 N–H and O–H groups in total. The summed E-state index contributed by atoms with van der Waals surface area (Å²) < 4.78 is 38.8. The second kappa shape index (κ2) is 14.4. The van der Waals surface area contributed by atoms with Crippen LogP contribution in [0.4, 0.5) is 8.78 Å². The van der Waals surface area contributed by atoms with Gasteiger partial charge in [0, 0.05) is 42.5 Å². The van der Waals surface area contributed by atoms with Crippen molar-refractivity contribution in [3.8, 4) is 5.75 Å². The van der Waals surface area contributed by atoms with Gasteiger partial charge >= 0.3 is 0 Å². The monoisotopic (exact) mass is 578 g/mol. The molecule has 12 heteroatoms. The Bertz CT molecular complexity index is 1440. The number of nitrogens with one attached hydrogen (secondary N) is 2. The Morgan fingerprint density at radius 3 is 2.55 bits per heavy atom. The zero-order valence-electron chi connectivity index (χ0n) is 23.1. The Morgan fingerprint density at radius 2 is 1.86 bits per heavy atom. The summed E-state index contributed by atoms with van der Waals surface area (Å²) in [5, 5.41) is 12.6.